The lowest BCUT2D eigenvalue weighted by Gasteiger charge is -2.34. The third-order valence-electron chi connectivity index (χ3n) is 6.48. The lowest BCUT2D eigenvalue weighted by Crippen LogP contribution is -2.45. The molecule has 1 atom stereocenters. The van der Waals surface area contributed by atoms with E-state index in [0.717, 1.165) is 52.9 Å². The highest BCUT2D eigenvalue weighted by atomic mass is 16.2. The largest absolute Gasteiger partial charge is 0.364 e. The molecule has 1 N–H and O–H groups in total. The van der Waals surface area contributed by atoms with Crippen molar-refractivity contribution in [3.05, 3.63) is 89.6 Å². The van der Waals surface area contributed by atoms with Gasteiger partial charge in [-0.3, -0.25) is 9.78 Å². The quantitative estimate of drug-likeness (QED) is 0.450. The Kier molecular flexibility index (Phi) is 5.78. The zero-order valence-electron chi connectivity index (χ0n) is 19.1. The molecule has 166 valence electrons. The molecular formula is C28H28N4O. The summed E-state index contributed by atoms with van der Waals surface area (Å²) in [4.78, 5) is 24.7. The number of para-hydroxylation sites is 2. The van der Waals surface area contributed by atoms with Crippen molar-refractivity contribution in [1.29, 1.82) is 0 Å². The van der Waals surface area contributed by atoms with Crippen molar-refractivity contribution in [2.45, 2.75) is 32.7 Å². The van der Waals surface area contributed by atoms with Gasteiger partial charge in [0, 0.05) is 24.7 Å². The molecule has 1 amide bonds. The molecule has 1 unspecified atom stereocenters. The van der Waals surface area contributed by atoms with E-state index in [1.165, 1.54) is 11.1 Å². The van der Waals surface area contributed by atoms with Crippen LogP contribution in [0.25, 0.3) is 22.2 Å². The van der Waals surface area contributed by atoms with E-state index in [1.54, 1.807) is 6.20 Å². The van der Waals surface area contributed by atoms with Crippen molar-refractivity contribution in [2.24, 2.45) is 0 Å². The van der Waals surface area contributed by atoms with E-state index in [2.05, 4.69) is 47.3 Å². The predicted molar refractivity (Wildman–Crippen MR) is 133 cm³/mol. The van der Waals surface area contributed by atoms with Crippen LogP contribution in [0, 0.1) is 13.8 Å². The molecule has 5 heteroatoms. The number of hydrogen-bond donors (Lipinski definition) is 1. The number of carbonyl (C=O) groups is 1. The van der Waals surface area contributed by atoms with Crippen LogP contribution in [0.15, 0.2) is 72.9 Å². The van der Waals surface area contributed by atoms with Crippen molar-refractivity contribution >= 4 is 22.8 Å². The van der Waals surface area contributed by atoms with Gasteiger partial charge in [0.1, 0.15) is 5.82 Å². The number of aryl methyl sites for hydroxylation is 2. The number of aromatic nitrogens is 2. The van der Waals surface area contributed by atoms with Crippen molar-refractivity contribution in [3.63, 3.8) is 0 Å². The second kappa shape index (κ2) is 9.02. The van der Waals surface area contributed by atoms with Gasteiger partial charge in [0.15, 0.2) is 0 Å². The monoisotopic (exact) mass is 436 g/mol. The molecule has 1 saturated heterocycles. The lowest BCUT2D eigenvalue weighted by molar-refractivity contribution is 0.0715. The Morgan fingerprint density at radius 1 is 0.970 bits per heavy atom. The van der Waals surface area contributed by atoms with Crippen LogP contribution in [-0.2, 0) is 0 Å². The third kappa shape index (κ3) is 4.44. The molecule has 1 aromatic heterocycles. The van der Waals surface area contributed by atoms with Gasteiger partial charge in [-0.05, 0) is 67.1 Å². The Labute approximate surface area is 194 Å². The lowest BCUT2D eigenvalue weighted by atomic mass is 9.95. The van der Waals surface area contributed by atoms with Gasteiger partial charge in [-0.15, -0.1) is 0 Å². The highest BCUT2D eigenvalue weighted by molar-refractivity contribution is 6.01. The fourth-order valence-electron chi connectivity index (χ4n) is 4.52. The predicted octanol–water partition coefficient (Wildman–Crippen LogP) is 5.63. The maximum Gasteiger partial charge on any atom is 0.254 e. The molecule has 3 aromatic carbocycles. The summed E-state index contributed by atoms with van der Waals surface area (Å²) in [5.41, 5.74) is 7.06. The number of rotatable bonds is 4. The van der Waals surface area contributed by atoms with E-state index >= 15 is 0 Å². The maximum atomic E-state index is 13.6. The number of nitrogens with zero attached hydrogens (tertiary/aromatic N) is 3. The Morgan fingerprint density at radius 3 is 2.61 bits per heavy atom. The summed E-state index contributed by atoms with van der Waals surface area (Å²) in [7, 11) is 0. The van der Waals surface area contributed by atoms with Crippen molar-refractivity contribution in [1.82, 2.24) is 14.9 Å². The Hall–Kier alpha value is -3.73. The standard InChI is InChI=1S/C28H28N4O/c1-19-13-14-21(16-20(19)2)23-9-3-4-10-24(23)28(33)32-15-7-8-22(18-32)30-27-17-29-25-11-5-6-12-26(25)31-27/h3-6,9-14,16-17,22H,7-8,15,18H2,1-2H3,(H,30,31). The van der Waals surface area contributed by atoms with Crippen molar-refractivity contribution in [3.8, 4) is 11.1 Å². The molecule has 1 aliphatic rings. The molecule has 0 radical (unpaired) electrons. The first-order valence-corrected chi connectivity index (χ1v) is 11.5. The minimum absolute atomic E-state index is 0.0833. The summed E-state index contributed by atoms with van der Waals surface area (Å²) in [5.74, 6) is 0.837. The van der Waals surface area contributed by atoms with Crippen LogP contribution in [0.2, 0.25) is 0 Å². The number of amides is 1. The number of piperidine rings is 1. The van der Waals surface area contributed by atoms with Crippen LogP contribution in [-0.4, -0.2) is 39.9 Å². The van der Waals surface area contributed by atoms with Crippen LogP contribution in [0.1, 0.15) is 34.3 Å². The van der Waals surface area contributed by atoms with Crippen LogP contribution in [0.4, 0.5) is 5.82 Å². The summed E-state index contributed by atoms with van der Waals surface area (Å²) in [5, 5.41) is 3.50. The number of anilines is 1. The zero-order chi connectivity index (χ0) is 22.8. The summed E-state index contributed by atoms with van der Waals surface area (Å²) in [6.07, 6.45) is 3.73. The van der Waals surface area contributed by atoms with E-state index in [0.29, 0.717) is 6.54 Å². The van der Waals surface area contributed by atoms with Crippen LogP contribution >= 0.6 is 0 Å². The molecule has 4 aromatic rings. The number of hydrogen-bond acceptors (Lipinski definition) is 4. The number of carbonyl (C=O) groups excluding carboxylic acids is 1. The third-order valence-corrected chi connectivity index (χ3v) is 6.48. The first-order valence-electron chi connectivity index (χ1n) is 11.5. The van der Waals surface area contributed by atoms with Crippen LogP contribution < -0.4 is 5.32 Å². The summed E-state index contributed by atoms with van der Waals surface area (Å²) in [6, 6.07) is 22.3. The number of nitrogens with one attached hydrogen (secondary N) is 1. The minimum atomic E-state index is 0.0833. The number of likely N-dealkylation sites (tertiary alicyclic amines) is 1. The summed E-state index contributed by atoms with van der Waals surface area (Å²) in [6.45, 7) is 5.63. The summed E-state index contributed by atoms with van der Waals surface area (Å²) < 4.78 is 0. The first-order chi connectivity index (χ1) is 16.1. The molecule has 0 saturated carbocycles. The maximum absolute atomic E-state index is 13.6. The Balaban J connectivity index is 1.35. The summed E-state index contributed by atoms with van der Waals surface area (Å²) >= 11 is 0. The smallest absolute Gasteiger partial charge is 0.254 e. The fourth-order valence-corrected chi connectivity index (χ4v) is 4.52. The highest BCUT2D eigenvalue weighted by Crippen LogP contribution is 2.28. The Morgan fingerprint density at radius 2 is 1.76 bits per heavy atom. The van der Waals surface area contributed by atoms with E-state index in [9.17, 15) is 4.79 Å². The molecule has 0 aliphatic carbocycles. The van der Waals surface area contributed by atoms with Gasteiger partial charge >= 0.3 is 0 Å². The van der Waals surface area contributed by atoms with E-state index in [1.807, 2.05) is 53.4 Å². The molecule has 1 fully saturated rings. The Bertz CT molecular complexity index is 1320. The van der Waals surface area contributed by atoms with E-state index in [4.69, 9.17) is 0 Å². The fraction of sp³-hybridized carbons (Fsp3) is 0.250. The topological polar surface area (TPSA) is 58.1 Å². The molecule has 5 nitrogen and oxygen atoms in total. The molecule has 1 aliphatic heterocycles. The van der Waals surface area contributed by atoms with Gasteiger partial charge in [0.25, 0.3) is 5.91 Å². The van der Waals surface area contributed by atoms with Gasteiger partial charge in [-0.25, -0.2) is 4.98 Å². The van der Waals surface area contributed by atoms with Gasteiger partial charge in [-0.1, -0.05) is 48.5 Å². The second-order valence-corrected chi connectivity index (χ2v) is 8.82. The number of fused-ring (bicyclic) bond motifs is 1. The normalized spacial score (nSPS) is 16.1. The van der Waals surface area contributed by atoms with Crippen LogP contribution in [0.3, 0.4) is 0 Å². The average Bonchev–Trinajstić information content (AvgIpc) is 2.85. The average molecular weight is 437 g/mol. The first kappa shape index (κ1) is 21.1. The van der Waals surface area contributed by atoms with Gasteiger partial charge in [0.05, 0.1) is 17.2 Å². The zero-order valence-corrected chi connectivity index (χ0v) is 19.1. The molecule has 2 heterocycles. The molecule has 0 spiro atoms. The second-order valence-electron chi connectivity index (χ2n) is 8.82. The minimum Gasteiger partial charge on any atom is -0.364 e. The van der Waals surface area contributed by atoms with Crippen LogP contribution in [0.5, 0.6) is 0 Å². The van der Waals surface area contributed by atoms with Crippen molar-refractivity contribution in [2.75, 3.05) is 18.4 Å². The highest BCUT2D eigenvalue weighted by Gasteiger charge is 2.26. The molecule has 0 bridgehead atoms. The van der Waals surface area contributed by atoms with Gasteiger partial charge in [0.2, 0.25) is 0 Å². The molecular weight excluding hydrogens is 408 g/mol. The molecule has 5 rings (SSSR count). The van der Waals surface area contributed by atoms with Crippen molar-refractivity contribution < 1.29 is 4.79 Å². The van der Waals surface area contributed by atoms with Gasteiger partial charge in [-0.2, -0.15) is 0 Å². The van der Waals surface area contributed by atoms with E-state index < -0.39 is 0 Å². The molecule has 33 heavy (non-hydrogen) atoms. The number of benzene rings is 3. The van der Waals surface area contributed by atoms with E-state index in [-0.39, 0.29) is 11.9 Å². The van der Waals surface area contributed by atoms with Gasteiger partial charge < -0.3 is 10.2 Å². The SMILES string of the molecule is Cc1ccc(-c2ccccc2C(=O)N2CCCC(Nc3cnc4ccccc4n3)C2)cc1C.